The Balaban J connectivity index is 2.16. The van der Waals surface area contributed by atoms with Gasteiger partial charge in [0.2, 0.25) is 5.91 Å². The average Bonchev–Trinajstić information content (AvgIpc) is 2.71. The molecule has 1 fully saturated rings. The Kier molecular flexibility index (Phi) is 3.75. The molecule has 18 heavy (non-hydrogen) atoms. The van der Waals surface area contributed by atoms with Crippen LogP contribution in [0.3, 0.4) is 0 Å². The maximum absolute atomic E-state index is 11.9. The van der Waals surface area contributed by atoms with E-state index in [1.54, 1.807) is 11.0 Å². The molecule has 1 aromatic rings. The fourth-order valence-corrected chi connectivity index (χ4v) is 2.23. The van der Waals surface area contributed by atoms with Gasteiger partial charge in [-0.1, -0.05) is 22.8 Å². The van der Waals surface area contributed by atoms with Crippen LogP contribution >= 0.6 is 11.6 Å². The number of rotatable bonds is 3. The highest BCUT2D eigenvalue weighted by Crippen LogP contribution is 2.28. The Morgan fingerprint density at radius 1 is 1.61 bits per heavy atom. The van der Waals surface area contributed by atoms with E-state index in [0.717, 1.165) is 11.3 Å². The Bertz CT molecular complexity index is 525. The molecule has 0 radical (unpaired) electrons. The van der Waals surface area contributed by atoms with Gasteiger partial charge in [-0.3, -0.25) is 4.79 Å². The van der Waals surface area contributed by atoms with Crippen molar-refractivity contribution in [3.63, 3.8) is 0 Å². The molecule has 1 heterocycles. The Morgan fingerprint density at radius 3 is 3.06 bits per heavy atom. The van der Waals surface area contributed by atoms with Crippen LogP contribution in [0.2, 0.25) is 5.02 Å². The zero-order valence-corrected chi connectivity index (χ0v) is 10.8. The summed E-state index contributed by atoms with van der Waals surface area (Å²) < 4.78 is 0. The molecule has 0 aromatic heterocycles. The molecule has 94 valence electrons. The quantitative estimate of drug-likeness (QED) is 0.469. The van der Waals surface area contributed by atoms with E-state index in [0.29, 0.717) is 24.5 Å². The molecule has 1 aliphatic heterocycles. The van der Waals surface area contributed by atoms with E-state index in [-0.39, 0.29) is 11.8 Å². The van der Waals surface area contributed by atoms with Crippen LogP contribution < -0.4 is 4.90 Å². The summed E-state index contributed by atoms with van der Waals surface area (Å²) in [7, 11) is 0. The van der Waals surface area contributed by atoms with Gasteiger partial charge in [-0.2, -0.15) is 0 Å². The van der Waals surface area contributed by atoms with Crippen LogP contribution in [0.5, 0.6) is 0 Å². The largest absolute Gasteiger partial charge is 0.312 e. The van der Waals surface area contributed by atoms with Crippen molar-refractivity contribution in [3.05, 3.63) is 39.2 Å². The number of halogens is 1. The van der Waals surface area contributed by atoms with E-state index in [4.69, 9.17) is 17.1 Å². The van der Waals surface area contributed by atoms with Gasteiger partial charge >= 0.3 is 0 Å². The fourth-order valence-electron chi connectivity index (χ4n) is 2.06. The first kappa shape index (κ1) is 12.7. The van der Waals surface area contributed by atoms with E-state index < -0.39 is 0 Å². The van der Waals surface area contributed by atoms with Crippen molar-refractivity contribution in [2.75, 3.05) is 18.0 Å². The van der Waals surface area contributed by atoms with Gasteiger partial charge in [0.15, 0.2) is 0 Å². The maximum Gasteiger partial charge on any atom is 0.227 e. The lowest BCUT2D eigenvalue weighted by molar-refractivity contribution is -0.117. The first-order valence-electron chi connectivity index (χ1n) is 5.69. The summed E-state index contributed by atoms with van der Waals surface area (Å²) in [5.41, 5.74) is 10.1. The molecule has 1 aliphatic rings. The van der Waals surface area contributed by atoms with Gasteiger partial charge in [-0.15, -0.1) is 0 Å². The van der Waals surface area contributed by atoms with Crippen molar-refractivity contribution >= 4 is 23.2 Å². The van der Waals surface area contributed by atoms with Gasteiger partial charge in [0.05, 0.1) is 0 Å². The molecular formula is C12H13ClN4O. The van der Waals surface area contributed by atoms with Crippen LogP contribution in [-0.2, 0) is 4.79 Å². The Morgan fingerprint density at radius 2 is 2.39 bits per heavy atom. The van der Waals surface area contributed by atoms with E-state index in [1.807, 2.05) is 19.1 Å². The van der Waals surface area contributed by atoms with Crippen molar-refractivity contribution in [1.29, 1.82) is 0 Å². The van der Waals surface area contributed by atoms with E-state index in [1.165, 1.54) is 0 Å². The first-order chi connectivity index (χ1) is 8.61. The van der Waals surface area contributed by atoms with Gasteiger partial charge in [0.1, 0.15) is 0 Å². The fraction of sp³-hybridized carbons (Fsp3) is 0.417. The minimum Gasteiger partial charge on any atom is -0.312 e. The number of benzene rings is 1. The number of amides is 1. The first-order valence-corrected chi connectivity index (χ1v) is 6.07. The minimum absolute atomic E-state index is 0.0491. The molecule has 1 atom stereocenters. The lowest BCUT2D eigenvalue weighted by Crippen LogP contribution is -2.24. The lowest BCUT2D eigenvalue weighted by Gasteiger charge is -2.17. The molecule has 1 aromatic carbocycles. The van der Waals surface area contributed by atoms with Gasteiger partial charge < -0.3 is 4.90 Å². The average molecular weight is 265 g/mol. The van der Waals surface area contributed by atoms with Crippen LogP contribution in [0.15, 0.2) is 23.3 Å². The standard InChI is InChI=1S/C12H13ClN4O/c1-8-2-3-10(5-11(8)13)17-7-9(4-12(17)18)6-15-16-14/h2-3,5,9H,4,6-7H2,1H3. The molecule has 0 N–H and O–H groups in total. The summed E-state index contributed by atoms with van der Waals surface area (Å²) in [4.78, 5) is 16.3. The minimum atomic E-state index is 0.0491. The van der Waals surface area contributed by atoms with Crippen LogP contribution in [-0.4, -0.2) is 19.0 Å². The molecule has 5 nitrogen and oxygen atoms in total. The number of aryl methyl sites for hydroxylation is 1. The van der Waals surface area contributed by atoms with Crippen molar-refractivity contribution in [2.24, 2.45) is 11.0 Å². The SMILES string of the molecule is Cc1ccc(N2CC(CN=[N+]=[N-])CC2=O)cc1Cl. The van der Waals surface area contributed by atoms with Crippen molar-refractivity contribution in [3.8, 4) is 0 Å². The summed E-state index contributed by atoms with van der Waals surface area (Å²) in [6.45, 7) is 2.86. The normalized spacial score (nSPS) is 18.9. The number of carbonyl (C=O) groups is 1. The number of hydrogen-bond donors (Lipinski definition) is 0. The second-order valence-corrected chi connectivity index (χ2v) is 4.83. The van der Waals surface area contributed by atoms with Crippen molar-refractivity contribution in [2.45, 2.75) is 13.3 Å². The van der Waals surface area contributed by atoms with Crippen molar-refractivity contribution < 1.29 is 4.79 Å². The van der Waals surface area contributed by atoms with Crippen LogP contribution in [0.25, 0.3) is 10.4 Å². The number of nitrogens with zero attached hydrogens (tertiary/aromatic N) is 4. The van der Waals surface area contributed by atoms with E-state index in [2.05, 4.69) is 10.0 Å². The lowest BCUT2D eigenvalue weighted by atomic mass is 10.1. The number of hydrogen-bond acceptors (Lipinski definition) is 2. The molecule has 1 amide bonds. The van der Waals surface area contributed by atoms with Gasteiger partial charge in [0.25, 0.3) is 0 Å². The van der Waals surface area contributed by atoms with Crippen molar-refractivity contribution in [1.82, 2.24) is 0 Å². The molecule has 1 unspecified atom stereocenters. The van der Waals surface area contributed by atoms with Crippen LogP contribution in [0.1, 0.15) is 12.0 Å². The van der Waals surface area contributed by atoms with Crippen LogP contribution in [0.4, 0.5) is 5.69 Å². The molecule has 0 bridgehead atoms. The summed E-state index contributed by atoms with van der Waals surface area (Å²) >= 11 is 6.06. The predicted molar refractivity (Wildman–Crippen MR) is 70.7 cm³/mol. The van der Waals surface area contributed by atoms with Gasteiger partial charge in [-0.05, 0) is 36.1 Å². The molecule has 0 spiro atoms. The second kappa shape index (κ2) is 5.29. The third kappa shape index (κ3) is 2.58. The number of azide groups is 1. The Labute approximate surface area is 110 Å². The summed E-state index contributed by atoms with van der Waals surface area (Å²) in [5, 5.41) is 4.18. The Hall–Kier alpha value is -1.71. The zero-order valence-electron chi connectivity index (χ0n) is 10.0. The number of anilines is 1. The molecule has 2 rings (SSSR count). The maximum atomic E-state index is 11.9. The topological polar surface area (TPSA) is 69.1 Å². The number of carbonyl (C=O) groups excluding carboxylic acids is 1. The monoisotopic (exact) mass is 264 g/mol. The van der Waals surface area contributed by atoms with E-state index >= 15 is 0 Å². The smallest absolute Gasteiger partial charge is 0.227 e. The van der Waals surface area contributed by atoms with Gasteiger partial charge in [0, 0.05) is 35.1 Å². The zero-order chi connectivity index (χ0) is 13.1. The predicted octanol–water partition coefficient (Wildman–Crippen LogP) is 3.31. The second-order valence-electron chi connectivity index (χ2n) is 4.42. The third-order valence-corrected chi connectivity index (χ3v) is 3.48. The molecular weight excluding hydrogens is 252 g/mol. The highest BCUT2D eigenvalue weighted by Gasteiger charge is 2.30. The van der Waals surface area contributed by atoms with Crippen LogP contribution in [0, 0.1) is 12.8 Å². The van der Waals surface area contributed by atoms with Gasteiger partial charge in [-0.25, -0.2) is 0 Å². The molecule has 0 saturated carbocycles. The summed E-state index contributed by atoms with van der Waals surface area (Å²) in [6.07, 6.45) is 0.421. The molecule has 1 saturated heterocycles. The summed E-state index contributed by atoms with van der Waals surface area (Å²) in [6, 6.07) is 5.57. The molecule has 6 heteroatoms. The van der Waals surface area contributed by atoms with E-state index in [9.17, 15) is 4.79 Å². The highest BCUT2D eigenvalue weighted by atomic mass is 35.5. The third-order valence-electron chi connectivity index (χ3n) is 3.08. The highest BCUT2D eigenvalue weighted by molar-refractivity contribution is 6.31. The summed E-state index contributed by atoms with van der Waals surface area (Å²) in [5.74, 6) is 0.140. The molecule has 0 aliphatic carbocycles.